The van der Waals surface area contributed by atoms with Crippen LogP contribution in [0.25, 0.3) is 0 Å². The number of halogens is 1. The lowest BCUT2D eigenvalue weighted by Crippen LogP contribution is -2.31. The molecule has 1 N–H and O–H groups in total. The number of rotatable bonds is 7. The summed E-state index contributed by atoms with van der Waals surface area (Å²) in [6.07, 6.45) is 0. The quantitative estimate of drug-likeness (QED) is 0.439. The Morgan fingerprint density at radius 3 is 2.34 bits per heavy atom. The molecule has 0 aliphatic rings. The van der Waals surface area contributed by atoms with Gasteiger partial charge in [-0.3, -0.25) is 9.59 Å². The number of amides is 1. The molecule has 5 nitrogen and oxygen atoms in total. The van der Waals surface area contributed by atoms with E-state index in [1.165, 1.54) is 17.4 Å². The molecule has 0 fully saturated rings. The first-order chi connectivity index (χ1) is 14.0. The van der Waals surface area contributed by atoms with Crippen molar-refractivity contribution in [3.8, 4) is 0 Å². The summed E-state index contributed by atoms with van der Waals surface area (Å²) in [5.74, 6) is -1.48. The molecule has 0 bridgehead atoms. The highest BCUT2D eigenvalue weighted by molar-refractivity contribution is 7.10. The van der Waals surface area contributed by atoms with Crippen LogP contribution < -0.4 is 5.32 Å². The largest absolute Gasteiger partial charge is 0.452 e. The summed E-state index contributed by atoms with van der Waals surface area (Å²) in [7, 11) is 0. The highest BCUT2D eigenvalue weighted by Crippen LogP contribution is 2.19. The van der Waals surface area contributed by atoms with Gasteiger partial charge in [0.25, 0.3) is 5.91 Å². The monoisotopic (exact) mass is 427 g/mol. The van der Waals surface area contributed by atoms with E-state index in [9.17, 15) is 14.4 Å². The van der Waals surface area contributed by atoms with E-state index in [0.717, 1.165) is 4.88 Å². The average Bonchev–Trinajstić information content (AvgIpc) is 3.27. The second-order valence-corrected chi connectivity index (χ2v) is 7.68. The maximum atomic E-state index is 12.8. The Balaban J connectivity index is 1.66. The molecule has 0 saturated carbocycles. The second kappa shape index (κ2) is 9.49. The molecule has 1 amide bonds. The lowest BCUT2D eigenvalue weighted by atomic mass is 9.98. The first-order valence-corrected chi connectivity index (χ1v) is 10.1. The standard InChI is InChI=1S/C22H18ClNO4S/c1-14(19-7-4-12-29-19)24-20(25)13-28-22(27)18-6-3-2-5-17(18)21(26)15-8-10-16(23)11-9-15/h2-12,14H,13H2,1H3,(H,24,25). The third-order valence-corrected chi connectivity index (χ3v) is 5.49. The zero-order valence-corrected chi connectivity index (χ0v) is 17.1. The Morgan fingerprint density at radius 2 is 1.69 bits per heavy atom. The van der Waals surface area contributed by atoms with Gasteiger partial charge in [-0.2, -0.15) is 0 Å². The molecule has 0 aliphatic heterocycles. The second-order valence-electron chi connectivity index (χ2n) is 6.26. The van der Waals surface area contributed by atoms with Crippen LogP contribution in [0.3, 0.4) is 0 Å². The number of carbonyl (C=O) groups excluding carboxylic acids is 3. The predicted octanol–water partition coefficient (Wildman–Crippen LogP) is 4.67. The number of esters is 1. The van der Waals surface area contributed by atoms with Crippen LogP contribution in [0.15, 0.2) is 66.0 Å². The van der Waals surface area contributed by atoms with Gasteiger partial charge in [0.15, 0.2) is 12.4 Å². The van der Waals surface area contributed by atoms with Crippen LogP contribution in [0.2, 0.25) is 5.02 Å². The molecule has 3 rings (SSSR count). The van der Waals surface area contributed by atoms with Gasteiger partial charge in [-0.25, -0.2) is 4.79 Å². The first kappa shape index (κ1) is 20.8. The predicted molar refractivity (Wildman–Crippen MR) is 112 cm³/mol. The molecule has 29 heavy (non-hydrogen) atoms. The van der Waals surface area contributed by atoms with Crippen LogP contribution >= 0.6 is 22.9 Å². The number of hydrogen-bond acceptors (Lipinski definition) is 5. The van der Waals surface area contributed by atoms with Crippen molar-refractivity contribution < 1.29 is 19.1 Å². The Hall–Kier alpha value is -2.96. The van der Waals surface area contributed by atoms with Crippen LogP contribution in [0.5, 0.6) is 0 Å². The Labute approximate surface area is 177 Å². The molecule has 0 spiro atoms. The molecule has 7 heteroatoms. The molecule has 1 heterocycles. The smallest absolute Gasteiger partial charge is 0.339 e. The fourth-order valence-corrected chi connectivity index (χ4v) is 3.58. The molecule has 1 atom stereocenters. The van der Waals surface area contributed by atoms with E-state index in [2.05, 4.69) is 5.32 Å². The number of benzene rings is 2. The maximum Gasteiger partial charge on any atom is 0.339 e. The summed E-state index contributed by atoms with van der Waals surface area (Å²) in [4.78, 5) is 38.4. The molecule has 148 valence electrons. The van der Waals surface area contributed by atoms with E-state index in [4.69, 9.17) is 16.3 Å². The van der Waals surface area contributed by atoms with Crippen molar-refractivity contribution in [2.24, 2.45) is 0 Å². The zero-order valence-electron chi connectivity index (χ0n) is 15.6. The SMILES string of the molecule is CC(NC(=O)COC(=O)c1ccccc1C(=O)c1ccc(Cl)cc1)c1cccs1. The maximum absolute atomic E-state index is 12.8. The number of ketones is 1. The minimum absolute atomic E-state index is 0.103. The van der Waals surface area contributed by atoms with Crippen molar-refractivity contribution >= 4 is 40.6 Å². The van der Waals surface area contributed by atoms with Gasteiger partial charge in [-0.05, 0) is 48.7 Å². The summed E-state index contributed by atoms with van der Waals surface area (Å²) in [5.41, 5.74) is 0.705. The summed E-state index contributed by atoms with van der Waals surface area (Å²) in [5, 5.41) is 5.21. The molecule has 0 radical (unpaired) electrons. The van der Waals surface area contributed by atoms with Crippen LogP contribution in [0.1, 0.15) is 44.1 Å². The van der Waals surface area contributed by atoms with Gasteiger partial charge in [0.2, 0.25) is 0 Å². The Morgan fingerprint density at radius 1 is 1.00 bits per heavy atom. The van der Waals surface area contributed by atoms with E-state index in [-0.39, 0.29) is 23.0 Å². The zero-order chi connectivity index (χ0) is 20.8. The Kier molecular flexibility index (Phi) is 6.80. The van der Waals surface area contributed by atoms with Gasteiger partial charge < -0.3 is 10.1 Å². The molecule has 2 aromatic carbocycles. The van der Waals surface area contributed by atoms with Gasteiger partial charge >= 0.3 is 5.97 Å². The van der Waals surface area contributed by atoms with Crippen molar-refractivity contribution in [3.05, 3.63) is 92.6 Å². The molecular weight excluding hydrogens is 410 g/mol. The molecule has 1 aromatic heterocycles. The van der Waals surface area contributed by atoms with Gasteiger partial charge in [0, 0.05) is 21.0 Å². The third-order valence-electron chi connectivity index (χ3n) is 4.18. The number of carbonyl (C=O) groups is 3. The molecule has 0 saturated heterocycles. The van der Waals surface area contributed by atoms with Crippen LogP contribution in [0, 0.1) is 0 Å². The van der Waals surface area contributed by atoms with Crippen molar-refractivity contribution in [2.45, 2.75) is 13.0 Å². The minimum Gasteiger partial charge on any atom is -0.452 e. The first-order valence-electron chi connectivity index (χ1n) is 8.85. The van der Waals surface area contributed by atoms with Gasteiger partial charge in [-0.15, -0.1) is 11.3 Å². The van der Waals surface area contributed by atoms with E-state index < -0.39 is 18.5 Å². The highest BCUT2D eigenvalue weighted by Gasteiger charge is 2.20. The third kappa shape index (κ3) is 5.31. The van der Waals surface area contributed by atoms with E-state index in [1.54, 1.807) is 42.5 Å². The average molecular weight is 428 g/mol. The van der Waals surface area contributed by atoms with Gasteiger partial charge in [0.1, 0.15) is 0 Å². The fourth-order valence-electron chi connectivity index (χ4n) is 2.72. The van der Waals surface area contributed by atoms with Crippen molar-refractivity contribution in [2.75, 3.05) is 6.61 Å². The van der Waals surface area contributed by atoms with Crippen LogP contribution in [0.4, 0.5) is 0 Å². The van der Waals surface area contributed by atoms with E-state index in [1.807, 2.05) is 24.4 Å². The Bertz CT molecular complexity index is 1020. The van der Waals surface area contributed by atoms with Crippen LogP contribution in [-0.4, -0.2) is 24.3 Å². The fraction of sp³-hybridized carbons (Fsp3) is 0.136. The van der Waals surface area contributed by atoms with Gasteiger partial charge in [-0.1, -0.05) is 35.9 Å². The van der Waals surface area contributed by atoms with E-state index in [0.29, 0.717) is 10.6 Å². The van der Waals surface area contributed by atoms with Crippen molar-refractivity contribution in [3.63, 3.8) is 0 Å². The van der Waals surface area contributed by atoms with E-state index >= 15 is 0 Å². The van der Waals surface area contributed by atoms with Crippen LogP contribution in [-0.2, 0) is 9.53 Å². The molecule has 1 unspecified atom stereocenters. The topological polar surface area (TPSA) is 72.5 Å². The van der Waals surface area contributed by atoms with Gasteiger partial charge in [0.05, 0.1) is 11.6 Å². The lowest BCUT2D eigenvalue weighted by Gasteiger charge is -2.13. The summed E-state index contributed by atoms with van der Waals surface area (Å²) in [6.45, 7) is 1.42. The summed E-state index contributed by atoms with van der Waals surface area (Å²) < 4.78 is 5.13. The molecule has 3 aromatic rings. The molecule has 0 aliphatic carbocycles. The number of thiophene rings is 1. The number of ether oxygens (including phenoxy) is 1. The van der Waals surface area contributed by atoms with Crippen molar-refractivity contribution in [1.29, 1.82) is 0 Å². The molecular formula is C22H18ClNO4S. The minimum atomic E-state index is -0.734. The number of hydrogen-bond donors (Lipinski definition) is 1. The normalized spacial score (nSPS) is 11.5. The summed E-state index contributed by atoms with van der Waals surface area (Å²) >= 11 is 7.39. The summed E-state index contributed by atoms with van der Waals surface area (Å²) in [6, 6.07) is 16.4. The highest BCUT2D eigenvalue weighted by atomic mass is 35.5. The lowest BCUT2D eigenvalue weighted by molar-refractivity contribution is -0.124. The number of nitrogens with one attached hydrogen (secondary N) is 1. The van der Waals surface area contributed by atoms with Crippen molar-refractivity contribution in [1.82, 2.24) is 5.32 Å².